The first-order valence-electron chi connectivity index (χ1n) is 7.96. The third-order valence-electron chi connectivity index (χ3n) is 4.35. The number of aryl methyl sites for hydroxylation is 1. The fourth-order valence-electron chi connectivity index (χ4n) is 3.05. The highest BCUT2D eigenvalue weighted by Crippen LogP contribution is 2.24. The number of ether oxygens (including phenoxy) is 1. The Labute approximate surface area is 130 Å². The smallest absolute Gasteiger partial charge is 0.326 e. The molecule has 1 atom stereocenters. The molecule has 1 aromatic carbocycles. The van der Waals surface area contributed by atoms with Gasteiger partial charge in [0.1, 0.15) is 0 Å². The van der Waals surface area contributed by atoms with E-state index >= 15 is 0 Å². The van der Waals surface area contributed by atoms with Crippen LogP contribution in [0.3, 0.4) is 0 Å². The minimum absolute atomic E-state index is 0.0796. The molecule has 1 heterocycles. The Kier molecular flexibility index (Phi) is 4.43. The minimum atomic E-state index is -0.795. The summed E-state index contributed by atoms with van der Waals surface area (Å²) in [5.41, 5.74) is 2.16. The van der Waals surface area contributed by atoms with Crippen LogP contribution < -0.4 is 5.32 Å². The van der Waals surface area contributed by atoms with E-state index in [4.69, 9.17) is 4.74 Å². The maximum absolute atomic E-state index is 12.0. The Morgan fingerprint density at radius 3 is 2.50 bits per heavy atom. The molecule has 5 heteroatoms. The molecule has 1 aliphatic heterocycles. The Hall–Kier alpha value is -1.88. The molecule has 0 spiro atoms. The van der Waals surface area contributed by atoms with Crippen LogP contribution in [0.5, 0.6) is 0 Å². The van der Waals surface area contributed by atoms with E-state index in [1.165, 1.54) is 16.9 Å². The zero-order chi connectivity index (χ0) is 15.5. The second-order valence-corrected chi connectivity index (χ2v) is 6.16. The highest BCUT2D eigenvalue weighted by atomic mass is 16.5. The molecule has 1 N–H and O–H groups in total. The van der Waals surface area contributed by atoms with Gasteiger partial charge in [-0.3, -0.25) is 15.0 Å². The van der Waals surface area contributed by atoms with E-state index in [0.717, 1.165) is 31.2 Å². The highest BCUT2D eigenvalue weighted by Gasteiger charge is 2.40. The Bertz CT molecular complexity index is 550. The van der Waals surface area contributed by atoms with Crippen molar-refractivity contribution in [2.45, 2.75) is 57.9 Å². The lowest BCUT2D eigenvalue weighted by Crippen LogP contribution is -2.39. The number of urea groups is 1. The number of carbonyl (C=O) groups excluding carboxylic acids is 2. The van der Waals surface area contributed by atoms with Crippen LogP contribution in [0.4, 0.5) is 4.79 Å². The van der Waals surface area contributed by atoms with Crippen molar-refractivity contribution >= 4 is 11.9 Å². The van der Waals surface area contributed by atoms with Gasteiger partial charge in [-0.1, -0.05) is 49.1 Å². The monoisotopic (exact) mass is 302 g/mol. The van der Waals surface area contributed by atoms with E-state index in [9.17, 15) is 9.59 Å². The van der Waals surface area contributed by atoms with Crippen LogP contribution >= 0.6 is 0 Å². The number of nitrogens with zero attached hydrogens (tertiary/aromatic N) is 1. The van der Waals surface area contributed by atoms with Gasteiger partial charge in [0.25, 0.3) is 5.91 Å². The van der Waals surface area contributed by atoms with Crippen molar-refractivity contribution in [1.82, 2.24) is 10.2 Å². The molecule has 3 rings (SSSR count). The van der Waals surface area contributed by atoms with E-state index < -0.39 is 6.23 Å². The summed E-state index contributed by atoms with van der Waals surface area (Å²) >= 11 is 0. The second kappa shape index (κ2) is 6.48. The molecule has 118 valence electrons. The van der Waals surface area contributed by atoms with Crippen LogP contribution in [-0.4, -0.2) is 29.2 Å². The summed E-state index contributed by atoms with van der Waals surface area (Å²) in [5.74, 6) is -0.345. The molecule has 2 aliphatic rings. The number of hydrogen-bond donors (Lipinski definition) is 1. The minimum Gasteiger partial charge on any atom is -0.346 e. The number of nitrogens with one attached hydrogen (secondary N) is 1. The topological polar surface area (TPSA) is 58.6 Å². The molecular weight excluding hydrogens is 280 g/mol. The summed E-state index contributed by atoms with van der Waals surface area (Å²) < 4.78 is 5.94. The van der Waals surface area contributed by atoms with Crippen LogP contribution in [0.15, 0.2) is 24.3 Å². The molecule has 1 saturated heterocycles. The number of rotatable bonds is 4. The number of carbonyl (C=O) groups is 2. The van der Waals surface area contributed by atoms with E-state index in [2.05, 4.69) is 5.32 Å². The molecule has 2 fully saturated rings. The van der Waals surface area contributed by atoms with Gasteiger partial charge in [0, 0.05) is 0 Å². The van der Waals surface area contributed by atoms with Crippen molar-refractivity contribution in [3.63, 3.8) is 0 Å². The fraction of sp³-hybridized carbons (Fsp3) is 0.529. The molecule has 3 amide bonds. The summed E-state index contributed by atoms with van der Waals surface area (Å²) in [6.45, 7) is 2.40. The molecule has 5 nitrogen and oxygen atoms in total. The normalized spacial score (nSPS) is 23.0. The van der Waals surface area contributed by atoms with Gasteiger partial charge in [-0.2, -0.15) is 0 Å². The molecular formula is C17H22N2O3. The maximum Gasteiger partial charge on any atom is 0.326 e. The molecule has 22 heavy (non-hydrogen) atoms. The van der Waals surface area contributed by atoms with Crippen LogP contribution in [0.2, 0.25) is 0 Å². The van der Waals surface area contributed by atoms with Gasteiger partial charge in [-0.25, -0.2) is 4.79 Å². The third kappa shape index (κ3) is 3.30. The number of hydrogen-bond acceptors (Lipinski definition) is 3. The van der Waals surface area contributed by atoms with Crippen molar-refractivity contribution in [2.75, 3.05) is 0 Å². The lowest BCUT2D eigenvalue weighted by atomic mass is 9.98. The van der Waals surface area contributed by atoms with Crippen LogP contribution in [0.25, 0.3) is 0 Å². The van der Waals surface area contributed by atoms with Gasteiger partial charge >= 0.3 is 6.03 Å². The standard InChI is InChI=1S/C17H22N2O3/c1-12-7-9-13(10-8-12)11-19-16(15(20)18-17(19)21)22-14-5-3-2-4-6-14/h7-10,14,16H,2-6,11H2,1H3,(H,18,20,21). The highest BCUT2D eigenvalue weighted by molar-refractivity contribution is 6.03. The Balaban J connectivity index is 1.70. The van der Waals surface area contributed by atoms with Crippen LogP contribution in [-0.2, 0) is 16.1 Å². The quantitative estimate of drug-likeness (QED) is 0.870. The van der Waals surface area contributed by atoms with Crippen LogP contribution in [0, 0.1) is 6.92 Å². The van der Waals surface area contributed by atoms with Crippen molar-refractivity contribution in [2.24, 2.45) is 0 Å². The first kappa shape index (κ1) is 15.0. The summed E-state index contributed by atoms with van der Waals surface area (Å²) in [5, 5.41) is 2.36. The fourth-order valence-corrected chi connectivity index (χ4v) is 3.05. The molecule has 1 saturated carbocycles. The number of imide groups is 1. The van der Waals surface area contributed by atoms with Crippen LogP contribution in [0.1, 0.15) is 43.2 Å². The Morgan fingerprint density at radius 1 is 1.14 bits per heavy atom. The van der Waals surface area contributed by atoms with E-state index in [1.807, 2.05) is 31.2 Å². The average molecular weight is 302 g/mol. The first-order chi connectivity index (χ1) is 10.6. The lowest BCUT2D eigenvalue weighted by molar-refractivity contribution is -0.144. The van der Waals surface area contributed by atoms with Crippen molar-refractivity contribution < 1.29 is 14.3 Å². The van der Waals surface area contributed by atoms with Crippen molar-refractivity contribution in [3.8, 4) is 0 Å². The van der Waals surface area contributed by atoms with E-state index in [1.54, 1.807) is 0 Å². The molecule has 1 unspecified atom stereocenters. The largest absolute Gasteiger partial charge is 0.346 e. The summed E-state index contributed by atoms with van der Waals surface area (Å²) in [6.07, 6.45) is 4.71. The van der Waals surface area contributed by atoms with Gasteiger partial charge in [-0.05, 0) is 25.3 Å². The van der Waals surface area contributed by atoms with E-state index in [0.29, 0.717) is 6.54 Å². The average Bonchev–Trinajstić information content (AvgIpc) is 2.77. The first-order valence-corrected chi connectivity index (χ1v) is 7.96. The molecule has 0 bridgehead atoms. The van der Waals surface area contributed by atoms with Crippen molar-refractivity contribution in [1.29, 1.82) is 0 Å². The zero-order valence-corrected chi connectivity index (χ0v) is 12.9. The summed E-state index contributed by atoms with van der Waals surface area (Å²) in [6, 6.07) is 7.59. The predicted octanol–water partition coefficient (Wildman–Crippen LogP) is 2.72. The summed E-state index contributed by atoms with van der Waals surface area (Å²) in [4.78, 5) is 25.5. The maximum atomic E-state index is 12.0. The SMILES string of the molecule is Cc1ccc(CN2C(=O)NC(=O)C2OC2CCCCC2)cc1. The van der Waals surface area contributed by atoms with Gasteiger partial charge < -0.3 is 4.74 Å². The number of amides is 3. The predicted molar refractivity (Wildman–Crippen MR) is 82.0 cm³/mol. The van der Waals surface area contributed by atoms with Gasteiger partial charge in [0.2, 0.25) is 6.23 Å². The van der Waals surface area contributed by atoms with Gasteiger partial charge in [-0.15, -0.1) is 0 Å². The Morgan fingerprint density at radius 2 is 1.82 bits per heavy atom. The molecule has 0 radical (unpaired) electrons. The van der Waals surface area contributed by atoms with Gasteiger partial charge in [0.05, 0.1) is 12.6 Å². The number of benzene rings is 1. The molecule has 1 aromatic rings. The molecule has 0 aromatic heterocycles. The lowest BCUT2D eigenvalue weighted by Gasteiger charge is -2.28. The van der Waals surface area contributed by atoms with Crippen molar-refractivity contribution in [3.05, 3.63) is 35.4 Å². The molecule has 1 aliphatic carbocycles. The zero-order valence-electron chi connectivity index (χ0n) is 12.9. The third-order valence-corrected chi connectivity index (χ3v) is 4.35. The second-order valence-electron chi connectivity index (χ2n) is 6.16. The summed E-state index contributed by atoms with van der Waals surface area (Å²) in [7, 11) is 0. The van der Waals surface area contributed by atoms with E-state index in [-0.39, 0.29) is 18.0 Å². The van der Waals surface area contributed by atoms with Gasteiger partial charge in [0.15, 0.2) is 0 Å².